The van der Waals surface area contributed by atoms with Crippen LogP contribution in [0.15, 0.2) is 18.2 Å². The van der Waals surface area contributed by atoms with E-state index in [1.54, 1.807) is 6.07 Å². The Bertz CT molecular complexity index is 431. The minimum absolute atomic E-state index is 0.0899. The summed E-state index contributed by atoms with van der Waals surface area (Å²) in [4.78, 5) is 2.37. The van der Waals surface area contributed by atoms with Crippen molar-refractivity contribution < 1.29 is 4.39 Å². The van der Waals surface area contributed by atoms with E-state index in [2.05, 4.69) is 37.1 Å². The summed E-state index contributed by atoms with van der Waals surface area (Å²) in [5.41, 5.74) is 1.89. The quantitative estimate of drug-likeness (QED) is 0.897. The Kier molecular flexibility index (Phi) is 5.41. The standard InChI is InChI=1S/C17H27FN2/c1-13(2)19-12-15-16(18)7-4-8-17(15)20-10-5-6-14(3)9-11-20/h4,7-8,13-14,19H,5-6,9-12H2,1-3H3. The highest BCUT2D eigenvalue weighted by Gasteiger charge is 2.18. The Balaban J connectivity index is 2.19. The summed E-state index contributed by atoms with van der Waals surface area (Å²) in [6.45, 7) is 9.19. The predicted octanol–water partition coefficient (Wildman–Crippen LogP) is 3.95. The van der Waals surface area contributed by atoms with Crippen molar-refractivity contribution in [2.75, 3.05) is 18.0 Å². The molecule has 0 radical (unpaired) electrons. The first-order valence-corrected chi connectivity index (χ1v) is 7.83. The van der Waals surface area contributed by atoms with Crippen molar-refractivity contribution in [3.63, 3.8) is 0 Å². The van der Waals surface area contributed by atoms with Crippen LogP contribution >= 0.6 is 0 Å². The van der Waals surface area contributed by atoms with Gasteiger partial charge in [0.2, 0.25) is 0 Å². The lowest BCUT2D eigenvalue weighted by Crippen LogP contribution is -2.28. The number of nitrogens with zero attached hydrogens (tertiary/aromatic N) is 1. The molecule has 1 aliphatic rings. The largest absolute Gasteiger partial charge is 0.371 e. The maximum atomic E-state index is 14.2. The van der Waals surface area contributed by atoms with Crippen molar-refractivity contribution >= 4 is 5.69 Å². The monoisotopic (exact) mass is 278 g/mol. The summed E-state index contributed by atoms with van der Waals surface area (Å²) in [6.07, 6.45) is 3.69. The molecule has 1 aromatic carbocycles. The molecule has 2 rings (SSSR count). The third-order valence-corrected chi connectivity index (χ3v) is 4.14. The molecular weight excluding hydrogens is 251 g/mol. The van der Waals surface area contributed by atoms with Gasteiger partial charge in [-0.3, -0.25) is 0 Å². The highest BCUT2D eigenvalue weighted by Crippen LogP contribution is 2.27. The fourth-order valence-electron chi connectivity index (χ4n) is 2.83. The van der Waals surface area contributed by atoms with Crippen LogP contribution in [0.25, 0.3) is 0 Å². The molecule has 0 aliphatic carbocycles. The van der Waals surface area contributed by atoms with Crippen molar-refractivity contribution in [1.82, 2.24) is 5.32 Å². The van der Waals surface area contributed by atoms with Crippen molar-refractivity contribution in [2.45, 2.75) is 52.6 Å². The van der Waals surface area contributed by atoms with E-state index in [4.69, 9.17) is 0 Å². The lowest BCUT2D eigenvalue weighted by Gasteiger charge is -2.26. The molecule has 0 bridgehead atoms. The maximum absolute atomic E-state index is 14.2. The lowest BCUT2D eigenvalue weighted by atomic mass is 10.0. The Morgan fingerprint density at radius 2 is 2.10 bits per heavy atom. The second-order valence-corrected chi connectivity index (χ2v) is 6.30. The number of hydrogen-bond donors (Lipinski definition) is 1. The first-order chi connectivity index (χ1) is 9.58. The van der Waals surface area contributed by atoms with Gasteiger partial charge in [-0.2, -0.15) is 0 Å². The molecule has 3 heteroatoms. The zero-order valence-corrected chi connectivity index (χ0v) is 13.0. The first kappa shape index (κ1) is 15.3. The van der Waals surface area contributed by atoms with Gasteiger partial charge in [0.1, 0.15) is 5.82 Å². The van der Waals surface area contributed by atoms with E-state index < -0.39 is 0 Å². The van der Waals surface area contributed by atoms with Crippen LogP contribution in [0, 0.1) is 11.7 Å². The van der Waals surface area contributed by atoms with Gasteiger partial charge in [0, 0.05) is 36.9 Å². The number of rotatable bonds is 4. The van der Waals surface area contributed by atoms with Gasteiger partial charge in [0.15, 0.2) is 0 Å². The molecule has 0 spiro atoms. The van der Waals surface area contributed by atoms with Crippen LogP contribution in [0.3, 0.4) is 0 Å². The topological polar surface area (TPSA) is 15.3 Å². The van der Waals surface area contributed by atoms with Crippen LogP contribution in [0.1, 0.15) is 45.6 Å². The average molecular weight is 278 g/mol. The maximum Gasteiger partial charge on any atom is 0.129 e. The molecule has 2 nitrogen and oxygen atoms in total. The summed E-state index contributed by atoms with van der Waals surface area (Å²) in [5, 5.41) is 3.34. The molecular formula is C17H27FN2. The fourth-order valence-corrected chi connectivity index (χ4v) is 2.83. The third-order valence-electron chi connectivity index (χ3n) is 4.14. The third kappa shape index (κ3) is 3.95. The van der Waals surface area contributed by atoms with Crippen molar-refractivity contribution in [3.8, 4) is 0 Å². The van der Waals surface area contributed by atoms with Gasteiger partial charge in [-0.25, -0.2) is 4.39 Å². The number of nitrogens with one attached hydrogen (secondary N) is 1. The zero-order valence-electron chi connectivity index (χ0n) is 13.0. The lowest BCUT2D eigenvalue weighted by molar-refractivity contribution is 0.520. The molecule has 1 atom stereocenters. The van der Waals surface area contributed by atoms with Crippen LogP contribution in [0.4, 0.5) is 10.1 Å². The van der Waals surface area contributed by atoms with Gasteiger partial charge in [-0.05, 0) is 37.3 Å². The Hall–Kier alpha value is -1.09. The van der Waals surface area contributed by atoms with E-state index in [-0.39, 0.29) is 5.82 Å². The molecule has 1 unspecified atom stereocenters. The molecule has 20 heavy (non-hydrogen) atoms. The van der Waals surface area contributed by atoms with E-state index in [0.717, 1.165) is 30.3 Å². The molecule has 112 valence electrons. The fraction of sp³-hybridized carbons (Fsp3) is 0.647. The molecule has 1 fully saturated rings. The molecule has 0 aromatic heterocycles. The predicted molar refractivity (Wildman–Crippen MR) is 83.6 cm³/mol. The summed E-state index contributed by atoms with van der Waals surface area (Å²) >= 11 is 0. The van der Waals surface area contributed by atoms with Crippen LogP contribution in [-0.4, -0.2) is 19.1 Å². The molecule has 1 aliphatic heterocycles. The number of hydrogen-bond acceptors (Lipinski definition) is 2. The van der Waals surface area contributed by atoms with Crippen LogP contribution in [0.2, 0.25) is 0 Å². The van der Waals surface area contributed by atoms with Crippen molar-refractivity contribution in [2.24, 2.45) is 5.92 Å². The second kappa shape index (κ2) is 7.07. The van der Waals surface area contributed by atoms with Gasteiger partial charge in [0.05, 0.1) is 0 Å². The molecule has 1 heterocycles. The van der Waals surface area contributed by atoms with Gasteiger partial charge in [-0.15, -0.1) is 0 Å². The Morgan fingerprint density at radius 3 is 2.85 bits per heavy atom. The van der Waals surface area contributed by atoms with E-state index in [0.29, 0.717) is 12.6 Å². The first-order valence-electron chi connectivity index (χ1n) is 7.83. The Labute approximate surface area is 122 Å². The minimum Gasteiger partial charge on any atom is -0.371 e. The van der Waals surface area contributed by atoms with Crippen LogP contribution in [0.5, 0.6) is 0 Å². The molecule has 0 amide bonds. The van der Waals surface area contributed by atoms with Crippen molar-refractivity contribution in [3.05, 3.63) is 29.6 Å². The van der Waals surface area contributed by atoms with Gasteiger partial charge < -0.3 is 10.2 Å². The molecule has 0 saturated carbocycles. The summed E-state index contributed by atoms with van der Waals surface area (Å²) in [7, 11) is 0. The summed E-state index contributed by atoms with van der Waals surface area (Å²) in [5.74, 6) is 0.693. The van der Waals surface area contributed by atoms with E-state index >= 15 is 0 Å². The minimum atomic E-state index is -0.0899. The molecule has 1 saturated heterocycles. The number of benzene rings is 1. The summed E-state index contributed by atoms with van der Waals surface area (Å²) in [6, 6.07) is 5.84. The van der Waals surface area contributed by atoms with E-state index in [1.807, 2.05) is 6.07 Å². The van der Waals surface area contributed by atoms with Gasteiger partial charge in [0.25, 0.3) is 0 Å². The second-order valence-electron chi connectivity index (χ2n) is 6.30. The van der Waals surface area contributed by atoms with Crippen LogP contribution < -0.4 is 10.2 Å². The highest BCUT2D eigenvalue weighted by molar-refractivity contribution is 5.54. The van der Waals surface area contributed by atoms with Crippen molar-refractivity contribution in [1.29, 1.82) is 0 Å². The zero-order chi connectivity index (χ0) is 14.5. The molecule has 1 N–H and O–H groups in total. The SMILES string of the molecule is CC1CCCN(c2cccc(F)c2CNC(C)C)CC1. The normalized spacial score (nSPS) is 20.2. The average Bonchev–Trinajstić information content (AvgIpc) is 2.62. The van der Waals surface area contributed by atoms with E-state index in [9.17, 15) is 4.39 Å². The van der Waals surface area contributed by atoms with Crippen LogP contribution in [-0.2, 0) is 6.54 Å². The van der Waals surface area contributed by atoms with E-state index in [1.165, 1.54) is 19.3 Å². The summed E-state index contributed by atoms with van der Waals surface area (Å²) < 4.78 is 14.2. The highest BCUT2D eigenvalue weighted by atomic mass is 19.1. The van der Waals surface area contributed by atoms with Gasteiger partial charge >= 0.3 is 0 Å². The number of halogens is 1. The smallest absolute Gasteiger partial charge is 0.129 e. The number of anilines is 1. The molecule has 1 aromatic rings. The Morgan fingerprint density at radius 1 is 1.30 bits per heavy atom. The van der Waals surface area contributed by atoms with Gasteiger partial charge in [-0.1, -0.05) is 26.8 Å².